The summed E-state index contributed by atoms with van der Waals surface area (Å²) in [5.74, 6) is -0.344. The molecule has 1 rings (SSSR count). The van der Waals surface area contributed by atoms with Crippen molar-refractivity contribution in [2.24, 2.45) is 5.73 Å². The Kier molecular flexibility index (Phi) is 3.76. The predicted octanol–water partition coefficient (Wildman–Crippen LogP) is 0.0978. The van der Waals surface area contributed by atoms with Crippen molar-refractivity contribution in [3.05, 3.63) is 11.8 Å². The third-order valence-corrected chi connectivity index (χ3v) is 2.00. The molecule has 0 radical (unpaired) electrons. The largest absolute Gasteiger partial charge is 0.378 e. The Morgan fingerprint density at radius 2 is 2.15 bits per heavy atom. The van der Waals surface area contributed by atoms with Crippen molar-refractivity contribution >= 4 is 5.91 Å². The molecule has 0 atom stereocenters. The van der Waals surface area contributed by atoms with Gasteiger partial charge in [-0.1, -0.05) is 13.0 Å². The van der Waals surface area contributed by atoms with Crippen LogP contribution in [0.15, 0.2) is 11.8 Å². The monoisotopic (exact) mass is 184 g/mol. The standard InChI is InChI=1S/C9H16N2O2/c1-2-3-8(9(10)12)11-4-6-13-7-5-11/h3H,2,4-7H2,1H3,(H2,10,12). The van der Waals surface area contributed by atoms with Gasteiger partial charge in [-0.3, -0.25) is 4.79 Å². The van der Waals surface area contributed by atoms with Crippen LogP contribution in [0.2, 0.25) is 0 Å². The van der Waals surface area contributed by atoms with E-state index in [1.165, 1.54) is 0 Å². The van der Waals surface area contributed by atoms with E-state index in [4.69, 9.17) is 10.5 Å². The molecule has 0 spiro atoms. The van der Waals surface area contributed by atoms with Crippen LogP contribution in [-0.2, 0) is 9.53 Å². The maximum Gasteiger partial charge on any atom is 0.264 e. The minimum atomic E-state index is -0.344. The topological polar surface area (TPSA) is 55.6 Å². The summed E-state index contributed by atoms with van der Waals surface area (Å²) in [6, 6.07) is 0. The number of carbonyl (C=O) groups excluding carboxylic acids is 1. The smallest absolute Gasteiger partial charge is 0.264 e. The minimum absolute atomic E-state index is 0.344. The fraction of sp³-hybridized carbons (Fsp3) is 0.667. The first kappa shape index (κ1) is 10.1. The van der Waals surface area contributed by atoms with Crippen LogP contribution in [0.3, 0.4) is 0 Å². The summed E-state index contributed by atoms with van der Waals surface area (Å²) in [4.78, 5) is 13.0. The molecule has 1 aliphatic heterocycles. The van der Waals surface area contributed by atoms with Crippen LogP contribution in [0.25, 0.3) is 0 Å². The number of nitrogens with two attached hydrogens (primary N) is 1. The van der Waals surface area contributed by atoms with Gasteiger partial charge in [-0.15, -0.1) is 0 Å². The average molecular weight is 184 g/mol. The molecular weight excluding hydrogens is 168 g/mol. The normalized spacial score (nSPS) is 18.8. The minimum Gasteiger partial charge on any atom is -0.378 e. The fourth-order valence-corrected chi connectivity index (χ4v) is 1.38. The highest BCUT2D eigenvalue weighted by Gasteiger charge is 2.16. The quantitative estimate of drug-likeness (QED) is 0.633. The molecular formula is C9H16N2O2. The molecule has 1 amide bonds. The molecule has 4 nitrogen and oxygen atoms in total. The van der Waals surface area contributed by atoms with Crippen LogP contribution in [-0.4, -0.2) is 37.1 Å². The molecule has 0 aromatic carbocycles. The van der Waals surface area contributed by atoms with Crippen molar-refractivity contribution in [1.82, 2.24) is 4.90 Å². The van der Waals surface area contributed by atoms with Crippen molar-refractivity contribution in [3.8, 4) is 0 Å². The molecule has 1 fully saturated rings. The van der Waals surface area contributed by atoms with Crippen LogP contribution < -0.4 is 5.73 Å². The second-order valence-corrected chi connectivity index (χ2v) is 2.96. The lowest BCUT2D eigenvalue weighted by Crippen LogP contribution is -2.39. The van der Waals surface area contributed by atoms with E-state index in [2.05, 4.69) is 0 Å². The second kappa shape index (κ2) is 4.87. The van der Waals surface area contributed by atoms with E-state index in [0.29, 0.717) is 18.9 Å². The van der Waals surface area contributed by atoms with Crippen molar-refractivity contribution in [2.45, 2.75) is 13.3 Å². The van der Waals surface area contributed by atoms with Gasteiger partial charge in [0.25, 0.3) is 5.91 Å². The SMILES string of the molecule is CCC=C(C(N)=O)N1CCOCC1. The summed E-state index contributed by atoms with van der Waals surface area (Å²) < 4.78 is 5.19. The number of hydrogen-bond acceptors (Lipinski definition) is 3. The molecule has 1 aliphatic rings. The highest BCUT2D eigenvalue weighted by Crippen LogP contribution is 2.07. The molecule has 0 aromatic heterocycles. The Morgan fingerprint density at radius 3 is 2.62 bits per heavy atom. The first-order valence-electron chi connectivity index (χ1n) is 4.58. The van der Waals surface area contributed by atoms with E-state index >= 15 is 0 Å². The van der Waals surface area contributed by atoms with E-state index in [9.17, 15) is 4.79 Å². The Balaban J connectivity index is 2.63. The number of primary amides is 1. The zero-order valence-electron chi connectivity index (χ0n) is 7.95. The summed E-state index contributed by atoms with van der Waals surface area (Å²) >= 11 is 0. The predicted molar refractivity (Wildman–Crippen MR) is 50.0 cm³/mol. The zero-order valence-corrected chi connectivity index (χ0v) is 7.95. The maximum atomic E-state index is 11.1. The summed E-state index contributed by atoms with van der Waals surface area (Å²) in [6.45, 7) is 4.86. The van der Waals surface area contributed by atoms with Crippen LogP contribution in [0, 0.1) is 0 Å². The lowest BCUT2D eigenvalue weighted by molar-refractivity contribution is -0.116. The molecule has 4 heteroatoms. The van der Waals surface area contributed by atoms with Gasteiger partial charge in [0.15, 0.2) is 0 Å². The van der Waals surface area contributed by atoms with E-state index in [1.807, 2.05) is 17.9 Å². The van der Waals surface area contributed by atoms with E-state index < -0.39 is 0 Å². The van der Waals surface area contributed by atoms with Crippen molar-refractivity contribution in [2.75, 3.05) is 26.3 Å². The van der Waals surface area contributed by atoms with E-state index in [0.717, 1.165) is 19.5 Å². The maximum absolute atomic E-state index is 11.1. The first-order valence-corrected chi connectivity index (χ1v) is 4.58. The first-order chi connectivity index (χ1) is 6.25. The summed E-state index contributed by atoms with van der Waals surface area (Å²) in [5.41, 5.74) is 5.89. The molecule has 0 aromatic rings. The van der Waals surface area contributed by atoms with Gasteiger partial charge in [0.2, 0.25) is 0 Å². The number of amides is 1. The third kappa shape index (κ3) is 2.73. The number of carbonyl (C=O) groups is 1. The Labute approximate surface area is 78.3 Å². The fourth-order valence-electron chi connectivity index (χ4n) is 1.38. The number of rotatable bonds is 3. The van der Waals surface area contributed by atoms with Gasteiger partial charge in [0.1, 0.15) is 0 Å². The lowest BCUT2D eigenvalue weighted by Gasteiger charge is -2.29. The van der Waals surface area contributed by atoms with Gasteiger partial charge in [0, 0.05) is 13.1 Å². The average Bonchev–Trinajstić information content (AvgIpc) is 2.15. The molecule has 0 bridgehead atoms. The number of nitrogens with zero attached hydrogens (tertiary/aromatic N) is 1. The van der Waals surface area contributed by atoms with Gasteiger partial charge >= 0.3 is 0 Å². The molecule has 0 aliphatic carbocycles. The highest BCUT2D eigenvalue weighted by atomic mass is 16.5. The van der Waals surface area contributed by atoms with Crippen LogP contribution in [0.1, 0.15) is 13.3 Å². The molecule has 0 unspecified atom stereocenters. The Morgan fingerprint density at radius 1 is 1.54 bits per heavy atom. The Hall–Kier alpha value is -1.03. The second-order valence-electron chi connectivity index (χ2n) is 2.96. The summed E-state index contributed by atoms with van der Waals surface area (Å²) in [7, 11) is 0. The molecule has 13 heavy (non-hydrogen) atoms. The van der Waals surface area contributed by atoms with Crippen molar-refractivity contribution < 1.29 is 9.53 Å². The lowest BCUT2D eigenvalue weighted by atomic mass is 10.2. The van der Waals surface area contributed by atoms with Crippen LogP contribution in [0.4, 0.5) is 0 Å². The number of morpholine rings is 1. The van der Waals surface area contributed by atoms with Gasteiger partial charge in [0.05, 0.1) is 18.9 Å². The van der Waals surface area contributed by atoms with Gasteiger partial charge < -0.3 is 15.4 Å². The Bertz CT molecular complexity index is 208. The molecule has 0 saturated carbocycles. The van der Waals surface area contributed by atoms with Gasteiger partial charge in [-0.25, -0.2) is 0 Å². The summed E-state index contributed by atoms with van der Waals surface area (Å²) in [6.07, 6.45) is 2.70. The summed E-state index contributed by atoms with van der Waals surface area (Å²) in [5, 5.41) is 0. The molecule has 2 N–H and O–H groups in total. The number of hydrogen-bond donors (Lipinski definition) is 1. The molecule has 74 valence electrons. The van der Waals surface area contributed by atoms with E-state index in [1.54, 1.807) is 0 Å². The van der Waals surface area contributed by atoms with E-state index in [-0.39, 0.29) is 5.91 Å². The van der Waals surface area contributed by atoms with Crippen LogP contribution in [0.5, 0.6) is 0 Å². The highest BCUT2D eigenvalue weighted by molar-refractivity contribution is 5.91. The van der Waals surface area contributed by atoms with Crippen LogP contribution >= 0.6 is 0 Å². The molecule has 1 heterocycles. The van der Waals surface area contributed by atoms with Gasteiger partial charge in [-0.05, 0) is 6.42 Å². The van der Waals surface area contributed by atoms with Crippen molar-refractivity contribution in [3.63, 3.8) is 0 Å². The molecule has 1 saturated heterocycles. The van der Waals surface area contributed by atoms with Crippen molar-refractivity contribution in [1.29, 1.82) is 0 Å². The third-order valence-electron chi connectivity index (χ3n) is 2.00. The zero-order chi connectivity index (χ0) is 9.68. The number of allylic oxidation sites excluding steroid dienone is 1. The number of ether oxygens (including phenoxy) is 1. The van der Waals surface area contributed by atoms with Gasteiger partial charge in [-0.2, -0.15) is 0 Å².